The Labute approximate surface area is 103 Å². The maximum atomic E-state index is 12.1. The number of nitrogens with zero attached hydrogens (tertiary/aromatic N) is 1. The fourth-order valence-electron chi connectivity index (χ4n) is 2.17. The van der Waals surface area contributed by atoms with Gasteiger partial charge in [0.15, 0.2) is 0 Å². The van der Waals surface area contributed by atoms with Crippen molar-refractivity contribution in [2.75, 3.05) is 0 Å². The minimum absolute atomic E-state index is 0.479. The molecule has 0 radical (unpaired) electrons. The summed E-state index contributed by atoms with van der Waals surface area (Å²) in [6, 6.07) is 15.2. The van der Waals surface area contributed by atoms with Crippen LogP contribution < -0.4 is 0 Å². The van der Waals surface area contributed by atoms with Crippen molar-refractivity contribution in [1.29, 1.82) is 0 Å². The highest BCUT2D eigenvalue weighted by Gasteiger charge is 2.24. The predicted molar refractivity (Wildman–Crippen MR) is 65.1 cm³/mol. The molecule has 0 heterocycles. The summed E-state index contributed by atoms with van der Waals surface area (Å²) in [5, 5.41) is 3.60. The second-order valence-corrected chi connectivity index (χ2v) is 3.86. The first kappa shape index (κ1) is 10.7. The third kappa shape index (κ3) is 1.59. The Balaban J connectivity index is 2.21. The van der Waals surface area contributed by atoms with Crippen LogP contribution >= 0.6 is 0 Å². The molecule has 0 amide bonds. The van der Waals surface area contributed by atoms with Gasteiger partial charge in [0.2, 0.25) is 0 Å². The molecular formula is C14H8FNO2. The lowest BCUT2D eigenvalue weighted by atomic mass is 10.1. The smallest absolute Gasteiger partial charge is 0.288 e. The van der Waals surface area contributed by atoms with Gasteiger partial charge in [0, 0.05) is 11.1 Å². The summed E-state index contributed by atoms with van der Waals surface area (Å²) in [6.45, 7) is 0. The normalized spacial score (nSPS) is 11.7. The number of hydrogen-bond acceptors (Lipinski definition) is 3. The molecule has 1 aliphatic rings. The molecule has 0 saturated heterocycles. The van der Waals surface area contributed by atoms with Gasteiger partial charge in [-0.1, -0.05) is 53.7 Å². The van der Waals surface area contributed by atoms with E-state index in [1.54, 1.807) is 0 Å². The molecule has 0 aliphatic heterocycles. The topological polar surface area (TPSA) is 38.7 Å². The molecule has 1 aliphatic carbocycles. The Kier molecular flexibility index (Phi) is 2.41. The molecule has 0 aromatic heterocycles. The second-order valence-electron chi connectivity index (χ2n) is 3.86. The summed E-state index contributed by atoms with van der Waals surface area (Å²) < 4.78 is 12.1. The summed E-state index contributed by atoms with van der Waals surface area (Å²) >= 11 is 0. The molecule has 88 valence electrons. The van der Waals surface area contributed by atoms with Crippen molar-refractivity contribution in [3.05, 3.63) is 59.7 Å². The lowest BCUT2D eigenvalue weighted by Gasteiger charge is -1.98. The summed E-state index contributed by atoms with van der Waals surface area (Å²) in [5.74, 6) is 0. The molecular weight excluding hydrogens is 233 g/mol. The number of rotatable bonds is 1. The SMILES string of the molecule is O=C(F)ON=C1c2ccccc2-c2ccccc21. The molecule has 4 heteroatoms. The van der Waals surface area contributed by atoms with Gasteiger partial charge in [0.05, 0.1) is 0 Å². The Morgan fingerprint density at radius 2 is 1.33 bits per heavy atom. The van der Waals surface area contributed by atoms with Gasteiger partial charge in [-0.15, -0.1) is 4.39 Å². The minimum Gasteiger partial charge on any atom is -0.288 e. The second kappa shape index (κ2) is 4.07. The van der Waals surface area contributed by atoms with E-state index < -0.39 is 6.22 Å². The van der Waals surface area contributed by atoms with Crippen LogP contribution in [-0.4, -0.2) is 11.9 Å². The number of benzene rings is 2. The van der Waals surface area contributed by atoms with Crippen LogP contribution in [-0.2, 0) is 4.84 Å². The Morgan fingerprint density at radius 3 is 1.78 bits per heavy atom. The van der Waals surface area contributed by atoms with E-state index in [1.165, 1.54) is 0 Å². The van der Waals surface area contributed by atoms with Crippen molar-refractivity contribution in [3.8, 4) is 11.1 Å². The van der Waals surface area contributed by atoms with E-state index in [4.69, 9.17) is 0 Å². The molecule has 2 aromatic rings. The van der Waals surface area contributed by atoms with Crippen molar-refractivity contribution in [2.24, 2.45) is 5.16 Å². The van der Waals surface area contributed by atoms with Gasteiger partial charge in [0.25, 0.3) is 0 Å². The highest BCUT2D eigenvalue weighted by atomic mass is 19.1. The lowest BCUT2D eigenvalue weighted by molar-refractivity contribution is 0.125. The fraction of sp³-hybridized carbons (Fsp3) is 0. The van der Waals surface area contributed by atoms with Gasteiger partial charge in [-0.25, -0.2) is 4.79 Å². The van der Waals surface area contributed by atoms with Crippen LogP contribution in [0.2, 0.25) is 0 Å². The number of hydrogen-bond donors (Lipinski definition) is 0. The van der Waals surface area contributed by atoms with E-state index >= 15 is 0 Å². The number of fused-ring (bicyclic) bond motifs is 3. The van der Waals surface area contributed by atoms with E-state index in [9.17, 15) is 9.18 Å². The number of carbonyl (C=O) groups excluding carboxylic acids is 1. The average Bonchev–Trinajstić information content (AvgIpc) is 2.71. The fourth-order valence-corrected chi connectivity index (χ4v) is 2.17. The van der Waals surface area contributed by atoms with Crippen LogP contribution in [0.5, 0.6) is 0 Å². The van der Waals surface area contributed by atoms with Crippen LogP contribution in [0.1, 0.15) is 11.1 Å². The zero-order valence-corrected chi connectivity index (χ0v) is 9.26. The van der Waals surface area contributed by atoms with Gasteiger partial charge < -0.3 is 0 Å². The van der Waals surface area contributed by atoms with Gasteiger partial charge in [-0.2, -0.15) is 0 Å². The third-order valence-electron chi connectivity index (χ3n) is 2.86. The molecule has 2 aromatic carbocycles. The predicted octanol–water partition coefficient (Wildman–Crippen LogP) is 3.53. The largest absolute Gasteiger partial charge is 0.521 e. The van der Waals surface area contributed by atoms with Gasteiger partial charge >= 0.3 is 6.22 Å². The van der Waals surface area contributed by atoms with Crippen LogP contribution in [0.25, 0.3) is 11.1 Å². The molecule has 18 heavy (non-hydrogen) atoms. The summed E-state index contributed by atoms with van der Waals surface area (Å²) in [4.78, 5) is 14.4. The van der Waals surface area contributed by atoms with Gasteiger partial charge in [0.1, 0.15) is 5.71 Å². The molecule has 0 atom stereocenters. The van der Waals surface area contributed by atoms with E-state index in [-0.39, 0.29) is 0 Å². The first-order valence-electron chi connectivity index (χ1n) is 5.41. The van der Waals surface area contributed by atoms with Crippen molar-refractivity contribution in [2.45, 2.75) is 0 Å². The Hall–Kier alpha value is -2.49. The van der Waals surface area contributed by atoms with Crippen LogP contribution in [0, 0.1) is 0 Å². The monoisotopic (exact) mass is 241 g/mol. The standard InChI is InChI=1S/C14H8FNO2/c15-14(17)18-16-13-11-7-3-1-5-9(11)10-6-2-4-8-12(10)13/h1-8H. The molecule has 3 nitrogen and oxygen atoms in total. The molecule has 3 rings (SSSR count). The quantitative estimate of drug-likeness (QED) is 0.371. The Morgan fingerprint density at radius 1 is 0.889 bits per heavy atom. The summed E-state index contributed by atoms with van der Waals surface area (Å²) in [6.07, 6.45) is -1.91. The van der Waals surface area contributed by atoms with Crippen molar-refractivity contribution in [3.63, 3.8) is 0 Å². The minimum atomic E-state index is -1.91. The molecule has 0 saturated carbocycles. The molecule has 0 spiro atoms. The van der Waals surface area contributed by atoms with Crippen LogP contribution in [0.3, 0.4) is 0 Å². The van der Waals surface area contributed by atoms with Crippen LogP contribution in [0.15, 0.2) is 53.7 Å². The van der Waals surface area contributed by atoms with E-state index in [0.29, 0.717) is 5.71 Å². The van der Waals surface area contributed by atoms with E-state index in [2.05, 4.69) is 9.99 Å². The third-order valence-corrected chi connectivity index (χ3v) is 2.86. The maximum absolute atomic E-state index is 12.1. The van der Waals surface area contributed by atoms with Crippen molar-refractivity contribution >= 4 is 11.9 Å². The van der Waals surface area contributed by atoms with Gasteiger partial charge in [-0.05, 0) is 11.1 Å². The zero-order valence-electron chi connectivity index (χ0n) is 9.26. The lowest BCUT2D eigenvalue weighted by Crippen LogP contribution is -2.00. The van der Waals surface area contributed by atoms with E-state index in [1.807, 2.05) is 48.5 Å². The van der Waals surface area contributed by atoms with Crippen LogP contribution in [0.4, 0.5) is 9.18 Å². The summed E-state index contributed by atoms with van der Waals surface area (Å²) in [5.41, 5.74) is 4.15. The number of carbonyl (C=O) groups is 1. The first-order valence-corrected chi connectivity index (χ1v) is 5.41. The van der Waals surface area contributed by atoms with Crippen molar-refractivity contribution in [1.82, 2.24) is 0 Å². The number of halogens is 1. The molecule has 0 bridgehead atoms. The molecule has 0 unspecified atom stereocenters. The highest BCUT2D eigenvalue weighted by molar-refractivity contribution is 6.24. The molecule has 0 N–H and O–H groups in total. The maximum Gasteiger partial charge on any atom is 0.521 e. The average molecular weight is 241 g/mol. The zero-order chi connectivity index (χ0) is 12.5. The van der Waals surface area contributed by atoms with E-state index in [0.717, 1.165) is 22.3 Å². The van der Waals surface area contributed by atoms with Crippen molar-refractivity contribution < 1.29 is 14.0 Å². The first-order chi connectivity index (χ1) is 8.77. The Bertz CT molecular complexity index is 617. The number of oxime groups is 1. The van der Waals surface area contributed by atoms with Gasteiger partial charge in [-0.3, -0.25) is 4.84 Å². The highest BCUT2D eigenvalue weighted by Crippen LogP contribution is 2.36. The molecule has 0 fully saturated rings. The summed E-state index contributed by atoms with van der Waals surface area (Å²) in [7, 11) is 0.